The third kappa shape index (κ3) is 3.12. The molecule has 2 N–H and O–H groups in total. The van der Waals surface area contributed by atoms with Gasteiger partial charge in [0.05, 0.1) is 11.8 Å². The van der Waals surface area contributed by atoms with Gasteiger partial charge < -0.3 is 10.4 Å². The molecule has 1 unspecified atom stereocenters. The molecule has 1 aromatic heterocycles. The van der Waals surface area contributed by atoms with Crippen LogP contribution in [0.25, 0.3) is 0 Å². The third-order valence-corrected chi connectivity index (χ3v) is 3.68. The van der Waals surface area contributed by atoms with Gasteiger partial charge in [0.2, 0.25) is 0 Å². The Morgan fingerprint density at radius 1 is 1.36 bits per heavy atom. The van der Waals surface area contributed by atoms with Gasteiger partial charge in [-0.2, -0.15) is 13.2 Å². The average molecular weight is 312 g/mol. The Balaban J connectivity index is 1.77. The van der Waals surface area contributed by atoms with Crippen molar-refractivity contribution in [3.05, 3.63) is 47.3 Å². The first-order valence-electron chi connectivity index (χ1n) is 6.89. The van der Waals surface area contributed by atoms with Gasteiger partial charge in [-0.1, -0.05) is 17.3 Å². The molecule has 3 rings (SSSR count). The maximum atomic E-state index is 12.7. The number of rotatable bonds is 4. The molecule has 8 heteroatoms. The minimum Gasteiger partial charge on any atom is -0.382 e. The van der Waals surface area contributed by atoms with Crippen LogP contribution in [0.5, 0.6) is 0 Å². The molecule has 0 radical (unpaired) electrons. The van der Waals surface area contributed by atoms with E-state index >= 15 is 0 Å². The summed E-state index contributed by atoms with van der Waals surface area (Å²) in [6.45, 7) is 2.49. The van der Waals surface area contributed by atoms with Gasteiger partial charge in [0, 0.05) is 25.6 Å². The van der Waals surface area contributed by atoms with Gasteiger partial charge in [-0.15, -0.1) is 5.10 Å². The predicted octanol–water partition coefficient (Wildman–Crippen LogP) is 1.60. The molecule has 1 aliphatic rings. The number of aromatic nitrogens is 3. The Bertz CT molecular complexity index is 652. The second-order valence-electron chi connectivity index (χ2n) is 5.42. The summed E-state index contributed by atoms with van der Waals surface area (Å²) in [5, 5.41) is 21.1. The molecule has 5 nitrogen and oxygen atoms in total. The molecule has 0 bridgehead atoms. The number of hydrogen-bond acceptors (Lipinski definition) is 4. The van der Waals surface area contributed by atoms with Gasteiger partial charge >= 0.3 is 6.18 Å². The molecule has 1 aliphatic heterocycles. The number of hydrogen-bond donors (Lipinski definition) is 2. The first-order chi connectivity index (χ1) is 10.4. The maximum Gasteiger partial charge on any atom is 0.416 e. The lowest BCUT2D eigenvalue weighted by Gasteiger charge is -2.26. The van der Waals surface area contributed by atoms with Crippen molar-refractivity contribution in [3.63, 3.8) is 0 Å². The first-order valence-corrected chi connectivity index (χ1v) is 6.89. The summed E-state index contributed by atoms with van der Waals surface area (Å²) in [6, 6.07) is 4.61. The van der Waals surface area contributed by atoms with Crippen molar-refractivity contribution >= 4 is 0 Å². The van der Waals surface area contributed by atoms with Crippen molar-refractivity contribution in [1.29, 1.82) is 0 Å². The molecule has 1 atom stereocenters. The van der Waals surface area contributed by atoms with Crippen molar-refractivity contribution in [2.75, 3.05) is 13.1 Å². The summed E-state index contributed by atoms with van der Waals surface area (Å²) < 4.78 is 39.7. The summed E-state index contributed by atoms with van der Waals surface area (Å²) in [5.74, 6) is 0.472. The minimum absolute atomic E-state index is 0.146. The maximum absolute atomic E-state index is 12.7. The number of benzene rings is 1. The molecular weight excluding hydrogens is 297 g/mol. The fourth-order valence-corrected chi connectivity index (χ4v) is 2.33. The van der Waals surface area contributed by atoms with E-state index in [1.165, 1.54) is 12.1 Å². The Morgan fingerprint density at radius 2 is 2.14 bits per heavy atom. The fraction of sp³-hybridized carbons (Fsp3) is 0.429. The van der Waals surface area contributed by atoms with Crippen LogP contribution in [0.1, 0.15) is 22.9 Å². The van der Waals surface area contributed by atoms with E-state index in [1.807, 2.05) is 0 Å². The van der Waals surface area contributed by atoms with Crippen LogP contribution in [0.4, 0.5) is 13.2 Å². The number of alkyl halides is 3. The van der Waals surface area contributed by atoms with Crippen molar-refractivity contribution in [2.45, 2.75) is 18.8 Å². The second kappa shape index (κ2) is 5.69. The van der Waals surface area contributed by atoms with Crippen LogP contribution < -0.4 is 5.32 Å². The van der Waals surface area contributed by atoms with Gasteiger partial charge in [-0.05, 0) is 17.7 Å². The molecule has 0 spiro atoms. The summed E-state index contributed by atoms with van der Waals surface area (Å²) in [5.41, 5.74) is -0.407. The van der Waals surface area contributed by atoms with E-state index in [1.54, 1.807) is 10.9 Å². The van der Waals surface area contributed by atoms with E-state index in [-0.39, 0.29) is 11.3 Å². The van der Waals surface area contributed by atoms with E-state index in [0.29, 0.717) is 12.5 Å². The number of nitrogens with zero attached hydrogens (tertiary/aromatic N) is 3. The molecule has 1 fully saturated rings. The van der Waals surface area contributed by atoms with Gasteiger partial charge in [-0.3, -0.25) is 4.68 Å². The van der Waals surface area contributed by atoms with Gasteiger partial charge in [0.15, 0.2) is 0 Å². The van der Waals surface area contributed by atoms with Crippen LogP contribution in [-0.4, -0.2) is 33.2 Å². The standard InChI is InChI=1S/C14H15F3N4O/c15-14(16,17)11-3-1-2-10(4-11)13(22)12-8-21(20-19-12)7-9-5-18-6-9/h1-4,8-9,13,18,22H,5-7H2. The monoisotopic (exact) mass is 312 g/mol. The molecule has 1 saturated heterocycles. The molecule has 2 aromatic rings. The molecule has 118 valence electrons. The lowest BCUT2D eigenvalue weighted by Crippen LogP contribution is -2.44. The average Bonchev–Trinajstić information content (AvgIpc) is 2.90. The SMILES string of the molecule is OC(c1cccc(C(F)(F)F)c1)c1cn(CC2CNC2)nn1. The highest BCUT2D eigenvalue weighted by molar-refractivity contribution is 5.30. The largest absolute Gasteiger partial charge is 0.416 e. The van der Waals surface area contributed by atoms with E-state index in [2.05, 4.69) is 15.6 Å². The lowest BCUT2D eigenvalue weighted by atomic mass is 10.0. The molecule has 0 aliphatic carbocycles. The molecule has 0 amide bonds. The van der Waals surface area contributed by atoms with E-state index < -0.39 is 17.8 Å². The zero-order valence-corrected chi connectivity index (χ0v) is 11.6. The Hall–Kier alpha value is -1.93. The van der Waals surface area contributed by atoms with Crippen LogP contribution in [-0.2, 0) is 12.7 Å². The number of aliphatic hydroxyl groups excluding tert-OH is 1. The summed E-state index contributed by atoms with van der Waals surface area (Å²) in [4.78, 5) is 0. The third-order valence-electron chi connectivity index (χ3n) is 3.68. The zero-order chi connectivity index (χ0) is 15.7. The van der Waals surface area contributed by atoms with Crippen molar-refractivity contribution in [3.8, 4) is 0 Å². The van der Waals surface area contributed by atoms with E-state index in [4.69, 9.17) is 0 Å². The highest BCUT2D eigenvalue weighted by Crippen LogP contribution is 2.31. The normalized spacial score (nSPS) is 17.3. The quantitative estimate of drug-likeness (QED) is 0.900. The number of aliphatic hydroxyl groups is 1. The zero-order valence-electron chi connectivity index (χ0n) is 11.6. The lowest BCUT2D eigenvalue weighted by molar-refractivity contribution is -0.137. The van der Waals surface area contributed by atoms with Gasteiger partial charge in [0.25, 0.3) is 0 Å². The van der Waals surface area contributed by atoms with Crippen molar-refractivity contribution in [2.24, 2.45) is 5.92 Å². The van der Waals surface area contributed by atoms with Crippen LogP contribution in [0.2, 0.25) is 0 Å². The topological polar surface area (TPSA) is 63.0 Å². The minimum atomic E-state index is -4.44. The number of nitrogens with one attached hydrogen (secondary N) is 1. The number of halogens is 3. The summed E-state index contributed by atoms with van der Waals surface area (Å²) in [6.07, 6.45) is -4.09. The fourth-order valence-electron chi connectivity index (χ4n) is 2.33. The van der Waals surface area contributed by atoms with E-state index in [0.717, 1.165) is 25.2 Å². The molecule has 0 saturated carbocycles. The highest BCUT2D eigenvalue weighted by Gasteiger charge is 2.31. The Labute approximate surface area is 124 Å². The van der Waals surface area contributed by atoms with Gasteiger partial charge in [-0.25, -0.2) is 0 Å². The van der Waals surface area contributed by atoms with Crippen LogP contribution in [0.3, 0.4) is 0 Å². The smallest absolute Gasteiger partial charge is 0.382 e. The van der Waals surface area contributed by atoms with E-state index in [9.17, 15) is 18.3 Å². The molecule has 2 heterocycles. The highest BCUT2D eigenvalue weighted by atomic mass is 19.4. The van der Waals surface area contributed by atoms with Crippen molar-refractivity contribution < 1.29 is 18.3 Å². The summed E-state index contributed by atoms with van der Waals surface area (Å²) >= 11 is 0. The van der Waals surface area contributed by atoms with Crippen LogP contribution >= 0.6 is 0 Å². The van der Waals surface area contributed by atoms with Gasteiger partial charge in [0.1, 0.15) is 11.8 Å². The Morgan fingerprint density at radius 3 is 2.77 bits per heavy atom. The van der Waals surface area contributed by atoms with Crippen molar-refractivity contribution in [1.82, 2.24) is 20.3 Å². The van der Waals surface area contributed by atoms with Crippen LogP contribution in [0, 0.1) is 5.92 Å². The second-order valence-corrected chi connectivity index (χ2v) is 5.42. The summed E-state index contributed by atoms with van der Waals surface area (Å²) in [7, 11) is 0. The predicted molar refractivity (Wildman–Crippen MR) is 71.9 cm³/mol. The molecule has 1 aromatic carbocycles. The first kappa shape index (κ1) is 15.0. The Kier molecular flexibility index (Phi) is 3.88. The molecule has 22 heavy (non-hydrogen) atoms. The van der Waals surface area contributed by atoms with Crippen LogP contribution in [0.15, 0.2) is 30.5 Å². The molecular formula is C14H15F3N4O.